The number of aryl methyl sites for hydroxylation is 3. The molecule has 0 spiro atoms. The van der Waals surface area contributed by atoms with Crippen molar-refractivity contribution < 1.29 is 4.58 Å². The molecule has 0 radical (unpaired) electrons. The van der Waals surface area contributed by atoms with E-state index in [-0.39, 0.29) is 0 Å². The van der Waals surface area contributed by atoms with E-state index in [1.807, 2.05) is 11.8 Å². The van der Waals surface area contributed by atoms with Gasteiger partial charge < -0.3 is 0 Å². The predicted octanol–water partition coefficient (Wildman–Crippen LogP) is 4.44. The van der Waals surface area contributed by atoms with E-state index in [4.69, 9.17) is 0 Å². The molecule has 2 aromatic carbocycles. The smallest absolute Gasteiger partial charge is 0.188 e. The molecule has 19 heavy (non-hydrogen) atoms. The topological polar surface area (TPSA) is 3.01 Å². The number of hydrogen-bond donors (Lipinski definition) is 0. The van der Waals surface area contributed by atoms with Gasteiger partial charge in [0.15, 0.2) is 12.1 Å². The molecule has 2 heteroatoms. The van der Waals surface area contributed by atoms with Crippen LogP contribution in [0.2, 0.25) is 0 Å². The molecule has 0 N–H and O–H groups in total. The first kappa shape index (κ1) is 12.5. The summed E-state index contributed by atoms with van der Waals surface area (Å²) in [7, 11) is 0. The number of thioether (sulfide) groups is 1. The van der Waals surface area contributed by atoms with Crippen molar-refractivity contribution in [2.45, 2.75) is 25.7 Å². The van der Waals surface area contributed by atoms with Crippen LogP contribution in [-0.4, -0.2) is 16.7 Å². The number of rotatable bonds is 1. The van der Waals surface area contributed by atoms with E-state index in [0.717, 1.165) is 5.88 Å². The Morgan fingerprint density at radius 1 is 0.895 bits per heavy atom. The highest BCUT2D eigenvalue weighted by Gasteiger charge is 2.22. The second kappa shape index (κ2) is 4.86. The number of nitrogens with zero attached hydrogens (tertiary/aromatic N) is 1. The molecule has 0 bridgehead atoms. The molecule has 1 heterocycles. The van der Waals surface area contributed by atoms with E-state index in [0.29, 0.717) is 0 Å². The summed E-state index contributed by atoms with van der Waals surface area (Å²) in [6.45, 7) is 6.56. The van der Waals surface area contributed by atoms with Gasteiger partial charge in [-0.25, -0.2) is 0 Å². The van der Waals surface area contributed by atoms with Gasteiger partial charge in [-0.3, -0.25) is 0 Å². The van der Waals surface area contributed by atoms with Gasteiger partial charge >= 0.3 is 0 Å². The third-order valence-corrected chi connectivity index (χ3v) is 4.87. The lowest BCUT2D eigenvalue weighted by Gasteiger charge is -2.15. The fourth-order valence-electron chi connectivity index (χ4n) is 2.70. The van der Waals surface area contributed by atoms with E-state index < -0.39 is 0 Å². The molecule has 96 valence electrons. The van der Waals surface area contributed by atoms with Gasteiger partial charge in [-0.15, -0.1) is 0 Å². The summed E-state index contributed by atoms with van der Waals surface area (Å²) in [5, 5.41) is 0. The Bertz CT molecular complexity index is 651. The lowest BCUT2D eigenvalue weighted by Crippen LogP contribution is -2.15. The number of fused-ring (bicyclic) bond motifs is 1. The molecule has 0 aliphatic carbocycles. The SMILES string of the molecule is Cc1cccc2c1SC[N+](c1c(C)cccc1C)=C2. The van der Waals surface area contributed by atoms with Crippen LogP contribution in [0.25, 0.3) is 0 Å². The van der Waals surface area contributed by atoms with Gasteiger partial charge in [0.25, 0.3) is 0 Å². The summed E-state index contributed by atoms with van der Waals surface area (Å²) >= 11 is 1.93. The molecular formula is C17H18NS+. The lowest BCUT2D eigenvalue weighted by atomic mass is 10.1. The average molecular weight is 268 g/mol. The van der Waals surface area contributed by atoms with Crippen LogP contribution in [0.15, 0.2) is 41.3 Å². The van der Waals surface area contributed by atoms with Crippen molar-refractivity contribution in [1.82, 2.24) is 0 Å². The van der Waals surface area contributed by atoms with E-state index in [1.54, 1.807) is 0 Å². The lowest BCUT2D eigenvalue weighted by molar-refractivity contribution is -0.412. The maximum atomic E-state index is 2.37. The van der Waals surface area contributed by atoms with Gasteiger partial charge in [-0.05, 0) is 32.4 Å². The molecule has 0 atom stereocenters. The molecule has 0 saturated carbocycles. The third kappa shape index (κ3) is 2.21. The van der Waals surface area contributed by atoms with E-state index in [2.05, 4.69) is 68.0 Å². The number of hydrogen-bond acceptors (Lipinski definition) is 1. The molecular weight excluding hydrogens is 250 g/mol. The molecule has 0 fully saturated rings. The molecule has 1 aliphatic heterocycles. The maximum absolute atomic E-state index is 2.37. The second-order valence-electron chi connectivity index (χ2n) is 5.11. The summed E-state index contributed by atoms with van der Waals surface area (Å²) in [5.74, 6) is 0.990. The monoisotopic (exact) mass is 268 g/mol. The average Bonchev–Trinajstić information content (AvgIpc) is 2.39. The minimum Gasteiger partial charge on any atom is -0.188 e. The molecule has 0 unspecified atom stereocenters. The molecule has 0 amide bonds. The van der Waals surface area contributed by atoms with Gasteiger partial charge in [-0.2, -0.15) is 4.58 Å². The summed E-state index contributed by atoms with van der Waals surface area (Å²) in [5.41, 5.74) is 6.74. The van der Waals surface area contributed by atoms with Gasteiger partial charge in [0.2, 0.25) is 5.69 Å². The number of para-hydroxylation sites is 1. The first-order valence-corrected chi connectivity index (χ1v) is 7.55. The standard InChI is InChI=1S/C17H18NS/c1-12-6-4-7-13(2)16(12)18-10-15-9-5-8-14(3)17(15)19-11-18/h4-10H,11H2,1-3H3/q+1. The summed E-state index contributed by atoms with van der Waals surface area (Å²) in [4.78, 5) is 1.42. The Morgan fingerprint density at radius 2 is 1.53 bits per heavy atom. The minimum atomic E-state index is 0.990. The van der Waals surface area contributed by atoms with Gasteiger partial charge in [0.05, 0.1) is 5.56 Å². The summed E-state index contributed by atoms with van der Waals surface area (Å²) in [6, 6.07) is 13.0. The Labute approximate surface area is 119 Å². The Kier molecular flexibility index (Phi) is 3.19. The normalized spacial score (nSPS) is 13.9. The fourth-order valence-corrected chi connectivity index (χ4v) is 3.76. The maximum Gasteiger partial charge on any atom is 0.211 e. The van der Waals surface area contributed by atoms with Crippen molar-refractivity contribution in [3.05, 3.63) is 58.7 Å². The van der Waals surface area contributed by atoms with Crippen LogP contribution in [-0.2, 0) is 0 Å². The van der Waals surface area contributed by atoms with Crippen LogP contribution in [0.5, 0.6) is 0 Å². The van der Waals surface area contributed by atoms with E-state index in [9.17, 15) is 0 Å². The Morgan fingerprint density at radius 3 is 2.26 bits per heavy atom. The summed E-state index contributed by atoms with van der Waals surface area (Å²) in [6.07, 6.45) is 2.29. The van der Waals surface area contributed by atoms with E-state index >= 15 is 0 Å². The largest absolute Gasteiger partial charge is 0.211 e. The van der Waals surface area contributed by atoms with Gasteiger partial charge in [0.1, 0.15) is 0 Å². The third-order valence-electron chi connectivity index (χ3n) is 3.61. The first-order valence-electron chi connectivity index (χ1n) is 6.57. The molecule has 0 aromatic heterocycles. The van der Waals surface area contributed by atoms with E-state index in [1.165, 1.54) is 32.8 Å². The molecule has 1 nitrogen and oxygen atoms in total. The van der Waals surface area contributed by atoms with Crippen LogP contribution in [0.3, 0.4) is 0 Å². The van der Waals surface area contributed by atoms with Crippen molar-refractivity contribution >= 4 is 23.7 Å². The van der Waals surface area contributed by atoms with Gasteiger partial charge in [-0.1, -0.05) is 42.1 Å². The second-order valence-corrected chi connectivity index (χ2v) is 6.06. The molecule has 2 aromatic rings. The highest BCUT2D eigenvalue weighted by molar-refractivity contribution is 7.99. The Balaban J connectivity index is 2.14. The number of benzene rings is 2. The zero-order chi connectivity index (χ0) is 13.4. The molecule has 0 saturated heterocycles. The van der Waals surface area contributed by atoms with Crippen molar-refractivity contribution in [3.63, 3.8) is 0 Å². The Hall–Kier alpha value is -1.54. The quantitative estimate of drug-likeness (QED) is 0.691. The molecule has 1 aliphatic rings. The predicted molar refractivity (Wildman–Crippen MR) is 82.9 cm³/mol. The van der Waals surface area contributed by atoms with Crippen LogP contribution in [0.1, 0.15) is 22.3 Å². The highest BCUT2D eigenvalue weighted by atomic mass is 32.2. The van der Waals surface area contributed by atoms with Crippen LogP contribution in [0.4, 0.5) is 5.69 Å². The zero-order valence-electron chi connectivity index (χ0n) is 11.6. The van der Waals surface area contributed by atoms with Crippen LogP contribution in [0, 0.1) is 20.8 Å². The van der Waals surface area contributed by atoms with Crippen molar-refractivity contribution in [2.75, 3.05) is 5.88 Å². The van der Waals surface area contributed by atoms with Gasteiger partial charge in [0, 0.05) is 16.0 Å². The summed E-state index contributed by atoms with van der Waals surface area (Å²) < 4.78 is 2.37. The van der Waals surface area contributed by atoms with Crippen molar-refractivity contribution in [2.24, 2.45) is 0 Å². The van der Waals surface area contributed by atoms with Crippen LogP contribution >= 0.6 is 11.8 Å². The molecule has 3 rings (SSSR count). The minimum absolute atomic E-state index is 0.990. The highest BCUT2D eigenvalue weighted by Crippen LogP contribution is 2.33. The van der Waals surface area contributed by atoms with Crippen LogP contribution < -0.4 is 0 Å². The fraction of sp³-hybridized carbons (Fsp3) is 0.235. The van der Waals surface area contributed by atoms with Crippen molar-refractivity contribution in [1.29, 1.82) is 0 Å². The first-order chi connectivity index (χ1) is 9.16. The van der Waals surface area contributed by atoms with Crippen molar-refractivity contribution in [3.8, 4) is 0 Å². The zero-order valence-corrected chi connectivity index (χ0v) is 12.4.